The molecule has 102 valence electrons. The molecular weight excluding hydrogens is 244 g/mol. The number of rotatable bonds is 3. The van der Waals surface area contributed by atoms with E-state index in [0.717, 1.165) is 6.54 Å². The lowest BCUT2D eigenvalue weighted by atomic mass is 10.1. The maximum Gasteiger partial charge on any atom is 0.0486 e. The minimum absolute atomic E-state index is 0.588. The quantitative estimate of drug-likeness (QED) is 0.767. The number of benzene rings is 2. The summed E-state index contributed by atoms with van der Waals surface area (Å²) in [7, 11) is 0. The van der Waals surface area contributed by atoms with Crippen molar-refractivity contribution in [1.29, 1.82) is 0 Å². The van der Waals surface area contributed by atoms with E-state index in [1.165, 1.54) is 33.2 Å². The van der Waals surface area contributed by atoms with Crippen molar-refractivity contribution in [3.8, 4) is 0 Å². The zero-order valence-corrected chi connectivity index (χ0v) is 12.1. The van der Waals surface area contributed by atoms with Crippen molar-refractivity contribution >= 4 is 10.9 Å². The molecule has 20 heavy (non-hydrogen) atoms. The van der Waals surface area contributed by atoms with Crippen molar-refractivity contribution in [2.75, 3.05) is 0 Å². The van der Waals surface area contributed by atoms with Crippen molar-refractivity contribution in [2.24, 2.45) is 5.73 Å². The first-order valence-electron chi connectivity index (χ1n) is 7.01. The second-order valence-corrected chi connectivity index (χ2v) is 5.54. The second-order valence-electron chi connectivity index (χ2n) is 5.54. The molecule has 0 atom stereocenters. The van der Waals surface area contributed by atoms with Crippen molar-refractivity contribution < 1.29 is 0 Å². The zero-order chi connectivity index (χ0) is 14.1. The third kappa shape index (κ3) is 2.47. The van der Waals surface area contributed by atoms with E-state index in [4.69, 9.17) is 5.73 Å². The van der Waals surface area contributed by atoms with Crippen LogP contribution in [0.25, 0.3) is 10.9 Å². The molecule has 0 radical (unpaired) electrons. The van der Waals surface area contributed by atoms with Crippen molar-refractivity contribution in [3.05, 3.63) is 70.9 Å². The van der Waals surface area contributed by atoms with Crippen LogP contribution in [-0.2, 0) is 13.1 Å². The predicted molar refractivity (Wildman–Crippen MR) is 84.8 cm³/mol. The van der Waals surface area contributed by atoms with Gasteiger partial charge in [-0.1, -0.05) is 41.5 Å². The Morgan fingerprint density at radius 3 is 2.35 bits per heavy atom. The summed E-state index contributed by atoms with van der Waals surface area (Å²) >= 11 is 0. The van der Waals surface area contributed by atoms with Gasteiger partial charge in [-0.05, 0) is 42.5 Å². The van der Waals surface area contributed by atoms with Gasteiger partial charge in [0, 0.05) is 24.8 Å². The molecule has 3 aromatic rings. The minimum atomic E-state index is 0.588. The summed E-state index contributed by atoms with van der Waals surface area (Å²) < 4.78 is 2.29. The van der Waals surface area contributed by atoms with Crippen LogP contribution in [0.2, 0.25) is 0 Å². The van der Waals surface area contributed by atoms with E-state index < -0.39 is 0 Å². The number of hydrogen-bond acceptors (Lipinski definition) is 1. The lowest BCUT2D eigenvalue weighted by Crippen LogP contribution is -2.00. The van der Waals surface area contributed by atoms with Gasteiger partial charge in [0.1, 0.15) is 0 Å². The highest BCUT2D eigenvalue weighted by atomic mass is 14.9. The molecule has 2 aromatic carbocycles. The van der Waals surface area contributed by atoms with E-state index in [1.54, 1.807) is 0 Å². The topological polar surface area (TPSA) is 30.9 Å². The maximum absolute atomic E-state index is 5.74. The average Bonchev–Trinajstić information content (AvgIpc) is 2.80. The first kappa shape index (κ1) is 12.9. The Bertz CT molecular complexity index is 733. The van der Waals surface area contributed by atoms with E-state index in [2.05, 4.69) is 67.1 Å². The Morgan fingerprint density at radius 1 is 0.900 bits per heavy atom. The second kappa shape index (κ2) is 5.14. The minimum Gasteiger partial charge on any atom is -0.343 e. The zero-order valence-electron chi connectivity index (χ0n) is 12.1. The highest BCUT2D eigenvalue weighted by molar-refractivity contribution is 5.81. The fourth-order valence-electron chi connectivity index (χ4n) is 2.85. The molecule has 0 aliphatic carbocycles. The SMILES string of the molecule is Cc1cc(C)cc(Cn2ccc3ccc(CN)cc32)c1. The number of nitrogens with two attached hydrogens (primary N) is 1. The molecule has 0 unspecified atom stereocenters. The van der Waals surface area contributed by atoms with Gasteiger partial charge in [-0.15, -0.1) is 0 Å². The lowest BCUT2D eigenvalue weighted by molar-refractivity contribution is 0.833. The third-order valence-electron chi connectivity index (χ3n) is 3.71. The third-order valence-corrected chi connectivity index (χ3v) is 3.71. The summed E-state index contributed by atoms with van der Waals surface area (Å²) in [5.41, 5.74) is 12.2. The fraction of sp³-hybridized carbons (Fsp3) is 0.222. The van der Waals surface area contributed by atoms with Gasteiger partial charge in [0.05, 0.1) is 0 Å². The van der Waals surface area contributed by atoms with E-state index in [-0.39, 0.29) is 0 Å². The van der Waals surface area contributed by atoms with Gasteiger partial charge in [0.25, 0.3) is 0 Å². The largest absolute Gasteiger partial charge is 0.343 e. The van der Waals surface area contributed by atoms with Crippen LogP contribution in [0.5, 0.6) is 0 Å². The van der Waals surface area contributed by atoms with E-state index in [0.29, 0.717) is 6.54 Å². The number of nitrogens with zero attached hydrogens (tertiary/aromatic N) is 1. The van der Waals surface area contributed by atoms with Gasteiger partial charge < -0.3 is 10.3 Å². The molecule has 2 nitrogen and oxygen atoms in total. The van der Waals surface area contributed by atoms with Gasteiger partial charge in [-0.3, -0.25) is 0 Å². The summed E-state index contributed by atoms with van der Waals surface area (Å²) in [6.07, 6.45) is 2.16. The van der Waals surface area contributed by atoms with Crippen LogP contribution in [0.1, 0.15) is 22.3 Å². The molecule has 0 amide bonds. The monoisotopic (exact) mass is 264 g/mol. The van der Waals surface area contributed by atoms with E-state index in [1.807, 2.05) is 0 Å². The molecule has 1 heterocycles. The first-order chi connectivity index (χ1) is 9.65. The Balaban J connectivity index is 2.01. The molecule has 2 N–H and O–H groups in total. The Morgan fingerprint density at radius 2 is 1.65 bits per heavy atom. The molecule has 1 aromatic heterocycles. The summed E-state index contributed by atoms with van der Waals surface area (Å²) in [4.78, 5) is 0. The lowest BCUT2D eigenvalue weighted by Gasteiger charge is -2.09. The predicted octanol–water partition coefficient (Wildman–Crippen LogP) is 3.77. The number of fused-ring (bicyclic) bond motifs is 1. The number of hydrogen-bond donors (Lipinski definition) is 1. The Kier molecular flexibility index (Phi) is 3.33. The fourth-order valence-corrected chi connectivity index (χ4v) is 2.85. The van der Waals surface area contributed by atoms with Gasteiger partial charge in [0.15, 0.2) is 0 Å². The molecular formula is C18H20N2. The Hall–Kier alpha value is -2.06. The number of aryl methyl sites for hydroxylation is 2. The normalized spacial score (nSPS) is 11.2. The maximum atomic E-state index is 5.74. The van der Waals surface area contributed by atoms with Gasteiger partial charge in [-0.2, -0.15) is 0 Å². The first-order valence-corrected chi connectivity index (χ1v) is 7.01. The van der Waals surface area contributed by atoms with Gasteiger partial charge in [0.2, 0.25) is 0 Å². The van der Waals surface area contributed by atoms with Crippen molar-refractivity contribution in [2.45, 2.75) is 26.9 Å². The molecule has 3 rings (SSSR count). The summed E-state index contributed by atoms with van der Waals surface area (Å²) in [6.45, 7) is 5.79. The van der Waals surface area contributed by atoms with Crippen LogP contribution in [0.4, 0.5) is 0 Å². The van der Waals surface area contributed by atoms with Crippen molar-refractivity contribution in [1.82, 2.24) is 4.57 Å². The Labute approximate surface area is 119 Å². The summed E-state index contributed by atoms with van der Waals surface area (Å²) in [5.74, 6) is 0. The standard InChI is InChI=1S/C18H20N2/c1-13-7-14(2)9-16(8-13)12-20-6-5-17-4-3-15(11-19)10-18(17)20/h3-10H,11-12,19H2,1-2H3. The van der Waals surface area contributed by atoms with Crippen molar-refractivity contribution in [3.63, 3.8) is 0 Å². The molecule has 0 aliphatic heterocycles. The van der Waals surface area contributed by atoms with Crippen LogP contribution in [0, 0.1) is 13.8 Å². The van der Waals surface area contributed by atoms with E-state index >= 15 is 0 Å². The van der Waals surface area contributed by atoms with Crippen LogP contribution in [-0.4, -0.2) is 4.57 Å². The summed E-state index contributed by atoms with van der Waals surface area (Å²) in [6, 6.07) is 15.3. The van der Waals surface area contributed by atoms with Crippen LogP contribution >= 0.6 is 0 Å². The highest BCUT2D eigenvalue weighted by Crippen LogP contribution is 2.20. The molecule has 0 fully saturated rings. The number of aromatic nitrogens is 1. The van der Waals surface area contributed by atoms with Gasteiger partial charge >= 0.3 is 0 Å². The average molecular weight is 264 g/mol. The smallest absolute Gasteiger partial charge is 0.0486 e. The molecule has 0 saturated heterocycles. The van der Waals surface area contributed by atoms with Crippen LogP contribution < -0.4 is 5.73 Å². The van der Waals surface area contributed by atoms with Crippen LogP contribution in [0.3, 0.4) is 0 Å². The van der Waals surface area contributed by atoms with E-state index in [9.17, 15) is 0 Å². The summed E-state index contributed by atoms with van der Waals surface area (Å²) in [5, 5.41) is 1.27. The highest BCUT2D eigenvalue weighted by Gasteiger charge is 2.04. The van der Waals surface area contributed by atoms with Crippen LogP contribution in [0.15, 0.2) is 48.7 Å². The molecule has 0 saturated carbocycles. The molecule has 2 heteroatoms. The molecule has 0 bridgehead atoms. The molecule has 0 spiro atoms. The molecule has 0 aliphatic rings. The van der Waals surface area contributed by atoms with Gasteiger partial charge in [-0.25, -0.2) is 0 Å².